The third-order valence-corrected chi connectivity index (χ3v) is 7.25. The fraction of sp³-hybridized carbons (Fsp3) is 0.444. The van der Waals surface area contributed by atoms with Gasteiger partial charge >= 0.3 is 0 Å². The minimum absolute atomic E-state index is 0.654. The van der Waals surface area contributed by atoms with Gasteiger partial charge in [-0.2, -0.15) is 0 Å². The summed E-state index contributed by atoms with van der Waals surface area (Å²) in [5.74, 6) is 4.19. The Kier molecular flexibility index (Phi) is 13.7. The van der Waals surface area contributed by atoms with Gasteiger partial charge in [0.25, 0.3) is 0 Å². The van der Waals surface area contributed by atoms with Gasteiger partial charge in [0.05, 0.1) is 38.0 Å². The molecule has 0 N–H and O–H groups in total. The maximum absolute atomic E-state index is 6.05. The smallest absolute Gasteiger partial charge is 0.159 e. The van der Waals surface area contributed by atoms with Crippen LogP contribution in [0.3, 0.4) is 0 Å². The Balaban J connectivity index is 1.20. The van der Waals surface area contributed by atoms with Gasteiger partial charge < -0.3 is 14.2 Å². The highest BCUT2D eigenvalue weighted by Crippen LogP contribution is 2.27. The van der Waals surface area contributed by atoms with E-state index in [-0.39, 0.29) is 0 Å². The largest absolute Gasteiger partial charge is 0.490 e. The summed E-state index contributed by atoms with van der Waals surface area (Å²) in [6.45, 7) is 5.88. The van der Waals surface area contributed by atoms with E-state index in [0.717, 1.165) is 35.5 Å². The minimum atomic E-state index is 0.654. The SMILES string of the molecule is CCCCCCCCOc1cnc(-c2ccc(Oc3ccc(-c4ncc(OCCCCCCCC)cn4)cc3)cc2)nc1. The summed E-state index contributed by atoms with van der Waals surface area (Å²) in [6.07, 6.45) is 21.8. The second-order valence-corrected chi connectivity index (χ2v) is 10.9. The number of hydrogen-bond donors (Lipinski definition) is 0. The van der Waals surface area contributed by atoms with Crippen LogP contribution in [0.2, 0.25) is 0 Å². The van der Waals surface area contributed by atoms with Gasteiger partial charge in [0, 0.05) is 11.1 Å². The molecule has 0 spiro atoms. The Morgan fingerprint density at radius 3 is 1.14 bits per heavy atom. The lowest BCUT2D eigenvalue weighted by molar-refractivity contribution is 0.302. The first kappa shape index (κ1) is 31.9. The molecule has 0 fully saturated rings. The van der Waals surface area contributed by atoms with Crippen LogP contribution in [0.1, 0.15) is 90.9 Å². The fourth-order valence-corrected chi connectivity index (χ4v) is 4.70. The van der Waals surface area contributed by atoms with Gasteiger partial charge in [-0.25, -0.2) is 19.9 Å². The van der Waals surface area contributed by atoms with Crippen LogP contribution >= 0.6 is 0 Å². The molecular formula is C36H46N4O3. The topological polar surface area (TPSA) is 79.2 Å². The lowest BCUT2D eigenvalue weighted by atomic mass is 10.1. The van der Waals surface area contributed by atoms with E-state index in [0.29, 0.717) is 36.4 Å². The zero-order valence-electron chi connectivity index (χ0n) is 25.8. The number of ether oxygens (including phenoxy) is 3. The van der Waals surface area contributed by atoms with Crippen molar-refractivity contribution in [3.05, 3.63) is 73.3 Å². The first-order valence-corrected chi connectivity index (χ1v) is 16.0. The van der Waals surface area contributed by atoms with Gasteiger partial charge in [0.2, 0.25) is 0 Å². The van der Waals surface area contributed by atoms with Crippen LogP contribution in [0.25, 0.3) is 22.8 Å². The van der Waals surface area contributed by atoms with Crippen LogP contribution in [0.15, 0.2) is 73.3 Å². The molecule has 2 aromatic carbocycles. The summed E-state index contributed by atoms with van der Waals surface area (Å²) in [5.41, 5.74) is 1.84. The summed E-state index contributed by atoms with van der Waals surface area (Å²) >= 11 is 0. The van der Waals surface area contributed by atoms with Crippen LogP contribution in [0.5, 0.6) is 23.0 Å². The van der Waals surface area contributed by atoms with Gasteiger partial charge in [-0.3, -0.25) is 0 Å². The first-order valence-electron chi connectivity index (χ1n) is 16.0. The van der Waals surface area contributed by atoms with Crippen molar-refractivity contribution in [3.63, 3.8) is 0 Å². The van der Waals surface area contributed by atoms with E-state index < -0.39 is 0 Å². The van der Waals surface area contributed by atoms with E-state index in [1.807, 2.05) is 48.5 Å². The molecule has 2 aromatic heterocycles. The van der Waals surface area contributed by atoms with Gasteiger partial charge in [-0.05, 0) is 61.4 Å². The van der Waals surface area contributed by atoms with E-state index in [1.54, 1.807) is 24.8 Å². The molecule has 0 atom stereocenters. The fourth-order valence-electron chi connectivity index (χ4n) is 4.70. The molecule has 0 aliphatic rings. The van der Waals surface area contributed by atoms with E-state index >= 15 is 0 Å². The Bertz CT molecular complexity index is 1190. The number of nitrogens with zero attached hydrogens (tertiary/aromatic N) is 4. The molecule has 2 heterocycles. The molecule has 0 saturated carbocycles. The predicted molar refractivity (Wildman–Crippen MR) is 173 cm³/mol. The van der Waals surface area contributed by atoms with Gasteiger partial charge in [0.15, 0.2) is 23.1 Å². The van der Waals surface area contributed by atoms with Crippen LogP contribution in [0, 0.1) is 0 Å². The second-order valence-electron chi connectivity index (χ2n) is 10.9. The van der Waals surface area contributed by atoms with Crippen molar-refractivity contribution < 1.29 is 14.2 Å². The lowest BCUT2D eigenvalue weighted by Gasteiger charge is -2.09. The molecule has 43 heavy (non-hydrogen) atoms. The quantitative estimate of drug-likeness (QED) is 0.0959. The van der Waals surface area contributed by atoms with Gasteiger partial charge in [-0.15, -0.1) is 0 Å². The predicted octanol–water partition coefficient (Wildman–Crippen LogP) is 9.87. The summed E-state index contributed by atoms with van der Waals surface area (Å²) < 4.78 is 17.7. The first-order chi connectivity index (χ1) is 21.2. The molecule has 0 bridgehead atoms. The van der Waals surface area contributed by atoms with E-state index in [4.69, 9.17) is 14.2 Å². The Hall–Kier alpha value is -4.00. The highest BCUT2D eigenvalue weighted by molar-refractivity contribution is 5.58. The van der Waals surface area contributed by atoms with Crippen LogP contribution < -0.4 is 14.2 Å². The monoisotopic (exact) mass is 582 g/mol. The van der Waals surface area contributed by atoms with E-state index in [9.17, 15) is 0 Å². The minimum Gasteiger partial charge on any atom is -0.490 e. The number of rotatable bonds is 20. The Morgan fingerprint density at radius 1 is 0.419 bits per heavy atom. The highest BCUT2D eigenvalue weighted by atomic mass is 16.5. The van der Waals surface area contributed by atoms with Crippen LogP contribution in [0.4, 0.5) is 0 Å². The van der Waals surface area contributed by atoms with Crippen molar-refractivity contribution in [2.24, 2.45) is 0 Å². The van der Waals surface area contributed by atoms with Crippen molar-refractivity contribution in [1.82, 2.24) is 19.9 Å². The van der Waals surface area contributed by atoms with E-state index in [1.165, 1.54) is 64.2 Å². The standard InChI is InChI=1S/C36H46N4O3/c1-3-5-7-9-11-13-23-41-33-25-37-35(38-26-33)29-15-19-31(20-16-29)43-32-21-17-30(18-22-32)36-39-27-34(28-40-36)42-24-14-12-10-8-6-4-2/h15-22,25-28H,3-14,23-24H2,1-2H3. The lowest BCUT2D eigenvalue weighted by Crippen LogP contribution is -1.99. The van der Waals surface area contributed by atoms with Crippen LogP contribution in [-0.4, -0.2) is 33.1 Å². The number of unbranched alkanes of at least 4 members (excludes halogenated alkanes) is 10. The third kappa shape index (κ3) is 11.3. The highest BCUT2D eigenvalue weighted by Gasteiger charge is 2.06. The molecule has 228 valence electrons. The zero-order valence-corrected chi connectivity index (χ0v) is 25.8. The molecule has 0 amide bonds. The van der Waals surface area contributed by atoms with Crippen molar-refractivity contribution in [3.8, 4) is 45.8 Å². The molecule has 7 nitrogen and oxygen atoms in total. The van der Waals surface area contributed by atoms with Crippen LogP contribution in [-0.2, 0) is 0 Å². The number of hydrogen-bond acceptors (Lipinski definition) is 7. The molecule has 0 saturated heterocycles. The number of aromatic nitrogens is 4. The molecule has 4 rings (SSSR count). The average Bonchev–Trinajstić information content (AvgIpc) is 3.05. The van der Waals surface area contributed by atoms with Gasteiger partial charge in [0.1, 0.15) is 11.5 Å². The maximum Gasteiger partial charge on any atom is 0.159 e. The average molecular weight is 583 g/mol. The molecule has 0 radical (unpaired) electrons. The Morgan fingerprint density at radius 2 is 0.767 bits per heavy atom. The summed E-state index contributed by atoms with van der Waals surface area (Å²) in [5, 5.41) is 0. The van der Waals surface area contributed by atoms with Crippen molar-refractivity contribution in [2.75, 3.05) is 13.2 Å². The number of benzene rings is 2. The third-order valence-electron chi connectivity index (χ3n) is 7.25. The molecule has 7 heteroatoms. The van der Waals surface area contributed by atoms with Gasteiger partial charge in [-0.1, -0.05) is 78.1 Å². The molecular weight excluding hydrogens is 536 g/mol. The summed E-state index contributed by atoms with van der Waals surface area (Å²) in [7, 11) is 0. The maximum atomic E-state index is 6.05. The normalized spacial score (nSPS) is 10.9. The second kappa shape index (κ2) is 18.5. The molecule has 4 aromatic rings. The molecule has 0 aliphatic heterocycles. The van der Waals surface area contributed by atoms with E-state index in [2.05, 4.69) is 33.8 Å². The summed E-state index contributed by atoms with van der Waals surface area (Å²) in [4.78, 5) is 17.9. The Labute approximate surface area is 257 Å². The van der Waals surface area contributed by atoms with Crippen molar-refractivity contribution >= 4 is 0 Å². The van der Waals surface area contributed by atoms with Crippen molar-refractivity contribution in [1.29, 1.82) is 0 Å². The summed E-state index contributed by atoms with van der Waals surface area (Å²) in [6, 6.07) is 15.5. The zero-order chi connectivity index (χ0) is 30.0. The molecule has 0 aliphatic carbocycles. The molecule has 0 unspecified atom stereocenters. The van der Waals surface area contributed by atoms with Crippen molar-refractivity contribution in [2.45, 2.75) is 90.9 Å².